The van der Waals surface area contributed by atoms with Crippen LogP contribution in [0.1, 0.15) is 37.3 Å². The molecule has 2 N–H and O–H groups in total. The number of nitrogens with one attached hydrogen (secondary N) is 2. The smallest absolute Gasteiger partial charge is 0.226 e. The highest BCUT2D eigenvalue weighted by Crippen LogP contribution is 2.27. The highest BCUT2D eigenvalue weighted by atomic mass is 32.1. The summed E-state index contributed by atoms with van der Waals surface area (Å²) in [6.45, 7) is 3.63. The molecule has 3 aromatic rings. The topological polar surface area (TPSA) is 71.1 Å². The van der Waals surface area contributed by atoms with Gasteiger partial charge in [0, 0.05) is 18.5 Å². The van der Waals surface area contributed by atoms with E-state index >= 15 is 0 Å². The summed E-state index contributed by atoms with van der Waals surface area (Å²) in [5.41, 5.74) is 2.83. The van der Waals surface area contributed by atoms with Crippen molar-refractivity contribution in [3.05, 3.63) is 53.3 Å². The Morgan fingerprint density at radius 1 is 1.07 bits per heavy atom. The van der Waals surface area contributed by atoms with Crippen molar-refractivity contribution in [2.45, 2.75) is 39.5 Å². The Bertz CT molecular complexity index is 1020. The number of rotatable bonds is 7. The molecule has 0 aliphatic carbocycles. The molecular formula is C21H22FN3O2S. The lowest BCUT2D eigenvalue weighted by Gasteiger charge is -2.06. The number of hydrogen-bond donors (Lipinski definition) is 2. The maximum Gasteiger partial charge on any atom is 0.226 e. The molecule has 2 aromatic carbocycles. The van der Waals surface area contributed by atoms with Crippen LogP contribution in [0.2, 0.25) is 0 Å². The second-order valence-electron chi connectivity index (χ2n) is 6.63. The summed E-state index contributed by atoms with van der Waals surface area (Å²) in [5.74, 6) is -0.540. The molecule has 0 saturated heterocycles. The predicted molar refractivity (Wildman–Crippen MR) is 111 cm³/mol. The first-order valence-electron chi connectivity index (χ1n) is 9.20. The lowest BCUT2D eigenvalue weighted by atomic mass is 10.1. The largest absolute Gasteiger partial charge is 0.326 e. The minimum absolute atomic E-state index is 0.0361. The number of aromatic nitrogens is 1. The fourth-order valence-corrected chi connectivity index (χ4v) is 3.68. The van der Waals surface area contributed by atoms with E-state index in [9.17, 15) is 14.0 Å². The summed E-state index contributed by atoms with van der Waals surface area (Å²) in [7, 11) is 0. The van der Waals surface area contributed by atoms with Crippen LogP contribution in [-0.4, -0.2) is 16.8 Å². The fourth-order valence-electron chi connectivity index (χ4n) is 2.74. The molecular weight excluding hydrogens is 377 g/mol. The number of nitrogens with zero attached hydrogens (tertiary/aromatic N) is 1. The van der Waals surface area contributed by atoms with Crippen LogP contribution < -0.4 is 10.6 Å². The lowest BCUT2D eigenvalue weighted by Crippen LogP contribution is -2.12. The third kappa shape index (κ3) is 5.13. The van der Waals surface area contributed by atoms with Gasteiger partial charge in [0.05, 0.1) is 10.2 Å². The number of carbonyl (C=O) groups is 2. The van der Waals surface area contributed by atoms with E-state index in [1.807, 2.05) is 25.1 Å². The van der Waals surface area contributed by atoms with Crippen molar-refractivity contribution in [2.75, 3.05) is 10.6 Å². The minimum Gasteiger partial charge on any atom is -0.326 e. The Morgan fingerprint density at radius 3 is 2.61 bits per heavy atom. The minimum atomic E-state index is -0.338. The number of benzene rings is 2. The van der Waals surface area contributed by atoms with Crippen molar-refractivity contribution in [2.24, 2.45) is 0 Å². The maximum absolute atomic E-state index is 13.6. The van der Waals surface area contributed by atoms with Gasteiger partial charge in [-0.1, -0.05) is 30.4 Å². The highest BCUT2D eigenvalue weighted by molar-refractivity contribution is 7.22. The van der Waals surface area contributed by atoms with E-state index in [4.69, 9.17) is 0 Å². The first-order chi connectivity index (χ1) is 13.4. The molecule has 28 heavy (non-hydrogen) atoms. The van der Waals surface area contributed by atoms with Gasteiger partial charge >= 0.3 is 0 Å². The summed E-state index contributed by atoms with van der Waals surface area (Å²) in [6, 6.07) is 10.5. The Labute approximate surface area is 167 Å². The van der Waals surface area contributed by atoms with Gasteiger partial charge in [0.15, 0.2) is 5.13 Å². The number of aryl methyl sites for hydroxylation is 2. The van der Waals surface area contributed by atoms with Crippen LogP contribution in [0.3, 0.4) is 0 Å². The van der Waals surface area contributed by atoms with E-state index in [1.165, 1.54) is 17.4 Å². The molecule has 5 nitrogen and oxygen atoms in total. The molecule has 0 bridgehead atoms. The zero-order chi connectivity index (χ0) is 20.1. The fraction of sp³-hybridized carbons (Fsp3) is 0.286. The Hall–Kier alpha value is -2.80. The van der Waals surface area contributed by atoms with Crippen LogP contribution in [0, 0.1) is 12.7 Å². The molecule has 0 spiro atoms. The van der Waals surface area contributed by atoms with E-state index in [0.29, 0.717) is 35.6 Å². The van der Waals surface area contributed by atoms with Crippen LogP contribution in [0.15, 0.2) is 36.4 Å². The molecule has 0 radical (unpaired) electrons. The molecule has 0 saturated carbocycles. The molecule has 0 unspecified atom stereocenters. The second kappa shape index (κ2) is 8.93. The van der Waals surface area contributed by atoms with Crippen LogP contribution in [0.5, 0.6) is 0 Å². The Balaban J connectivity index is 1.59. The average Bonchev–Trinajstić information content (AvgIpc) is 3.04. The predicted octanol–water partition coefficient (Wildman–Crippen LogP) is 5.05. The number of amides is 2. The van der Waals surface area contributed by atoms with E-state index in [1.54, 1.807) is 19.1 Å². The summed E-state index contributed by atoms with van der Waals surface area (Å²) in [5, 5.41) is 6.12. The third-order valence-corrected chi connectivity index (χ3v) is 5.21. The SMILES string of the molecule is CCCC(=O)Nc1nc2ccc(CCC(=O)Nc3ccc(C)c(F)c3)cc2s1. The van der Waals surface area contributed by atoms with Crippen molar-refractivity contribution < 1.29 is 14.0 Å². The first-order valence-corrected chi connectivity index (χ1v) is 10.0. The summed E-state index contributed by atoms with van der Waals surface area (Å²) < 4.78 is 14.5. The summed E-state index contributed by atoms with van der Waals surface area (Å²) in [4.78, 5) is 28.3. The van der Waals surface area contributed by atoms with E-state index in [2.05, 4.69) is 15.6 Å². The van der Waals surface area contributed by atoms with Gasteiger partial charge in [-0.05, 0) is 55.2 Å². The van der Waals surface area contributed by atoms with E-state index < -0.39 is 0 Å². The van der Waals surface area contributed by atoms with Gasteiger partial charge in [-0.2, -0.15) is 0 Å². The van der Waals surface area contributed by atoms with Gasteiger partial charge in [-0.25, -0.2) is 9.37 Å². The van der Waals surface area contributed by atoms with Crippen molar-refractivity contribution in [1.82, 2.24) is 4.98 Å². The Kier molecular flexibility index (Phi) is 6.36. The first kappa shape index (κ1) is 19.9. The zero-order valence-electron chi connectivity index (χ0n) is 15.8. The molecule has 0 atom stereocenters. The lowest BCUT2D eigenvalue weighted by molar-refractivity contribution is -0.117. The third-order valence-electron chi connectivity index (χ3n) is 4.27. The van der Waals surface area contributed by atoms with Gasteiger partial charge in [0.1, 0.15) is 5.82 Å². The maximum atomic E-state index is 13.6. The van der Waals surface area contributed by atoms with Crippen LogP contribution >= 0.6 is 11.3 Å². The van der Waals surface area contributed by atoms with Gasteiger partial charge in [0.2, 0.25) is 11.8 Å². The quantitative estimate of drug-likeness (QED) is 0.584. The molecule has 3 rings (SSSR count). The van der Waals surface area contributed by atoms with E-state index in [0.717, 1.165) is 22.2 Å². The van der Waals surface area contributed by atoms with Gasteiger partial charge < -0.3 is 10.6 Å². The van der Waals surface area contributed by atoms with Crippen molar-refractivity contribution in [3.8, 4) is 0 Å². The molecule has 0 aliphatic heterocycles. The van der Waals surface area contributed by atoms with Crippen molar-refractivity contribution >= 4 is 44.2 Å². The normalized spacial score (nSPS) is 10.8. The molecule has 1 aromatic heterocycles. The summed E-state index contributed by atoms with van der Waals surface area (Å²) in [6.07, 6.45) is 2.12. The van der Waals surface area contributed by atoms with Crippen molar-refractivity contribution in [1.29, 1.82) is 0 Å². The number of thiazole rings is 1. The number of anilines is 2. The average molecular weight is 399 g/mol. The number of carbonyl (C=O) groups excluding carboxylic acids is 2. The van der Waals surface area contributed by atoms with Gasteiger partial charge in [-0.3, -0.25) is 9.59 Å². The summed E-state index contributed by atoms with van der Waals surface area (Å²) >= 11 is 1.42. The molecule has 2 amide bonds. The van der Waals surface area contributed by atoms with Crippen LogP contribution in [0.4, 0.5) is 15.2 Å². The number of fused-ring (bicyclic) bond motifs is 1. The second-order valence-corrected chi connectivity index (χ2v) is 7.66. The Morgan fingerprint density at radius 2 is 1.86 bits per heavy atom. The molecule has 0 fully saturated rings. The molecule has 0 aliphatic rings. The number of halogens is 1. The molecule has 146 valence electrons. The van der Waals surface area contributed by atoms with Crippen molar-refractivity contribution in [3.63, 3.8) is 0 Å². The number of hydrogen-bond acceptors (Lipinski definition) is 4. The van der Waals surface area contributed by atoms with Gasteiger partial charge in [-0.15, -0.1) is 0 Å². The van der Waals surface area contributed by atoms with E-state index in [-0.39, 0.29) is 17.6 Å². The molecule has 1 heterocycles. The van der Waals surface area contributed by atoms with Crippen LogP contribution in [0.25, 0.3) is 10.2 Å². The highest BCUT2D eigenvalue weighted by Gasteiger charge is 2.09. The zero-order valence-corrected chi connectivity index (χ0v) is 16.7. The standard InChI is InChI=1S/C21H22FN3O2S/c1-3-4-19(26)25-21-24-17-9-6-14(11-18(17)28-21)7-10-20(27)23-15-8-5-13(2)16(22)12-15/h5-6,8-9,11-12H,3-4,7,10H2,1-2H3,(H,23,27)(H,24,25,26). The van der Waals surface area contributed by atoms with Crippen LogP contribution in [-0.2, 0) is 16.0 Å². The van der Waals surface area contributed by atoms with Gasteiger partial charge in [0.25, 0.3) is 0 Å². The monoisotopic (exact) mass is 399 g/mol. The molecule has 7 heteroatoms.